The third kappa shape index (κ3) is 5.12. The second kappa shape index (κ2) is 9.49. The van der Waals surface area contributed by atoms with E-state index in [0.29, 0.717) is 16.7 Å². The number of aromatic nitrogens is 1. The molecule has 1 saturated heterocycles. The number of H-pyrrole nitrogens is 1. The minimum atomic E-state index is -2.58. The van der Waals surface area contributed by atoms with Crippen LogP contribution in [0.4, 0.5) is 8.78 Å². The molecule has 2 aromatic rings. The van der Waals surface area contributed by atoms with Gasteiger partial charge in [0.1, 0.15) is 24.0 Å². The molecule has 1 N–H and O–H groups in total. The van der Waals surface area contributed by atoms with Gasteiger partial charge in [0.2, 0.25) is 5.78 Å². The molecule has 0 saturated carbocycles. The van der Waals surface area contributed by atoms with Crippen LogP contribution in [0.3, 0.4) is 0 Å². The van der Waals surface area contributed by atoms with E-state index in [-0.39, 0.29) is 17.2 Å². The van der Waals surface area contributed by atoms with E-state index in [0.717, 1.165) is 31.5 Å². The maximum absolute atomic E-state index is 12.8. The van der Waals surface area contributed by atoms with Crippen LogP contribution in [0.15, 0.2) is 30.0 Å². The van der Waals surface area contributed by atoms with Gasteiger partial charge in [-0.05, 0) is 42.5 Å². The second-order valence-electron chi connectivity index (χ2n) is 7.54. The van der Waals surface area contributed by atoms with Gasteiger partial charge in [-0.15, -0.1) is 0 Å². The summed E-state index contributed by atoms with van der Waals surface area (Å²) in [6.45, 7) is 0.884. The summed E-state index contributed by atoms with van der Waals surface area (Å²) >= 11 is 4.37. The molecule has 6 nitrogen and oxygen atoms in total. The van der Waals surface area contributed by atoms with Crippen molar-refractivity contribution in [1.29, 1.82) is 5.26 Å². The highest BCUT2D eigenvalue weighted by atomic mass is 32.1. The van der Waals surface area contributed by atoms with Gasteiger partial charge in [-0.1, -0.05) is 12.8 Å². The number of nitrogens with zero attached hydrogens (tertiary/aromatic N) is 3. The van der Waals surface area contributed by atoms with Crippen molar-refractivity contribution >= 4 is 29.5 Å². The molecule has 0 radical (unpaired) electrons. The molecule has 0 bridgehead atoms. The Labute approximate surface area is 179 Å². The van der Waals surface area contributed by atoms with Crippen LogP contribution < -0.4 is 4.74 Å². The number of allylic oxidation sites excluding steroid dienone is 1. The number of halogens is 2. The van der Waals surface area contributed by atoms with Crippen molar-refractivity contribution in [3.05, 3.63) is 41.2 Å². The largest absolute Gasteiger partial charge is 0.487 e. The van der Waals surface area contributed by atoms with E-state index >= 15 is 0 Å². The molecule has 1 fully saturated rings. The fourth-order valence-corrected chi connectivity index (χ4v) is 3.85. The summed E-state index contributed by atoms with van der Waals surface area (Å²) < 4.78 is 32.9. The number of carbonyl (C=O) groups excluding carboxylic acids is 1. The molecule has 1 aliphatic rings. The summed E-state index contributed by atoms with van der Waals surface area (Å²) in [4.78, 5) is 17.4. The van der Waals surface area contributed by atoms with E-state index in [1.165, 1.54) is 6.20 Å². The Balaban J connectivity index is 2.00. The number of thiol groups is 1. The summed E-state index contributed by atoms with van der Waals surface area (Å²) in [6.07, 6.45) is 0.542. The van der Waals surface area contributed by atoms with Crippen molar-refractivity contribution in [3.8, 4) is 11.8 Å². The average Bonchev–Trinajstić information content (AvgIpc) is 3.12. The zero-order valence-corrected chi connectivity index (χ0v) is 17.8. The number of benzene rings is 1. The number of ether oxygens (including phenoxy) is 1. The zero-order chi connectivity index (χ0) is 21.8. The van der Waals surface area contributed by atoms with Crippen LogP contribution in [0, 0.1) is 11.3 Å². The van der Waals surface area contributed by atoms with Crippen LogP contribution >= 0.6 is 12.8 Å². The van der Waals surface area contributed by atoms with Crippen molar-refractivity contribution < 1.29 is 18.3 Å². The van der Waals surface area contributed by atoms with E-state index in [2.05, 4.69) is 17.8 Å². The van der Waals surface area contributed by atoms with Crippen molar-refractivity contribution in [1.82, 2.24) is 14.2 Å². The fourth-order valence-electron chi connectivity index (χ4n) is 3.61. The lowest BCUT2D eigenvalue weighted by Gasteiger charge is -2.29. The minimum absolute atomic E-state index is 0.00195. The molecule has 0 unspecified atom stereocenters. The van der Waals surface area contributed by atoms with Crippen molar-refractivity contribution in [2.75, 3.05) is 33.8 Å². The SMILES string of the molecule is CN(C)/C=C(\C#N)C(=O)c1cc2cc(OCC(F)F)c(C3CCN(S)CC3)cc2[nH]1. The van der Waals surface area contributed by atoms with Gasteiger partial charge in [0, 0.05) is 44.3 Å². The standard InChI is InChI=1S/C21H24F2N4O2S/c1-26(2)11-15(10-24)21(28)18-7-14-8-19(29-12-20(22)23)16(9-17(14)25-18)13-3-5-27(30)6-4-13/h7-9,11,13,20,25,30H,3-6,12H2,1-2H3/b15-11+. The lowest BCUT2D eigenvalue weighted by atomic mass is 9.89. The summed E-state index contributed by atoms with van der Waals surface area (Å²) in [6, 6.07) is 7.09. The number of nitriles is 1. The van der Waals surface area contributed by atoms with Gasteiger partial charge in [0.05, 0.1) is 5.69 Å². The molecule has 160 valence electrons. The number of aromatic amines is 1. The van der Waals surface area contributed by atoms with Gasteiger partial charge in [0.15, 0.2) is 0 Å². The number of alkyl halides is 2. The van der Waals surface area contributed by atoms with Crippen LogP contribution in [0.1, 0.15) is 34.8 Å². The lowest BCUT2D eigenvalue weighted by Crippen LogP contribution is -2.25. The molecule has 2 heterocycles. The first-order chi connectivity index (χ1) is 14.3. The number of hydrogen-bond donors (Lipinski definition) is 2. The summed E-state index contributed by atoms with van der Waals surface area (Å²) in [5.74, 6) is 0.126. The Hall–Kier alpha value is -2.57. The molecule has 30 heavy (non-hydrogen) atoms. The third-order valence-corrected chi connectivity index (χ3v) is 5.42. The highest BCUT2D eigenvalue weighted by Crippen LogP contribution is 2.38. The first-order valence-electron chi connectivity index (χ1n) is 9.63. The topological polar surface area (TPSA) is 72.4 Å². The quantitative estimate of drug-likeness (QED) is 0.298. The molecule has 1 aromatic carbocycles. The number of piperidine rings is 1. The number of Topliss-reactive ketones (excluding diaryl/α,β-unsaturated/α-hetero) is 1. The maximum Gasteiger partial charge on any atom is 0.272 e. The summed E-state index contributed by atoms with van der Waals surface area (Å²) in [5, 5.41) is 9.97. The highest BCUT2D eigenvalue weighted by molar-refractivity contribution is 7.77. The van der Waals surface area contributed by atoms with Crippen molar-refractivity contribution in [2.45, 2.75) is 25.2 Å². The molecule has 1 aliphatic heterocycles. The normalized spacial score (nSPS) is 16.1. The Morgan fingerprint density at radius 3 is 2.70 bits per heavy atom. The first kappa shape index (κ1) is 22.1. The van der Waals surface area contributed by atoms with Gasteiger partial charge in [-0.25, -0.2) is 8.78 Å². The van der Waals surface area contributed by atoms with E-state index in [1.807, 2.05) is 16.4 Å². The van der Waals surface area contributed by atoms with Crippen LogP contribution in [0.2, 0.25) is 0 Å². The van der Waals surface area contributed by atoms with Gasteiger partial charge < -0.3 is 14.6 Å². The molecule has 0 amide bonds. The lowest BCUT2D eigenvalue weighted by molar-refractivity contribution is 0.0811. The molecule has 9 heteroatoms. The van der Waals surface area contributed by atoms with Gasteiger partial charge in [-0.2, -0.15) is 5.26 Å². The smallest absolute Gasteiger partial charge is 0.272 e. The molecular weight excluding hydrogens is 410 g/mol. The maximum atomic E-state index is 12.8. The Morgan fingerprint density at radius 1 is 1.40 bits per heavy atom. The number of carbonyl (C=O) groups is 1. The molecule has 0 atom stereocenters. The van der Waals surface area contributed by atoms with E-state index < -0.39 is 18.8 Å². The minimum Gasteiger partial charge on any atom is -0.487 e. The van der Waals surface area contributed by atoms with Gasteiger partial charge in [-0.3, -0.25) is 9.10 Å². The number of nitrogens with one attached hydrogen (secondary N) is 1. The van der Waals surface area contributed by atoms with Crippen LogP contribution in [-0.2, 0) is 0 Å². The van der Waals surface area contributed by atoms with Crippen molar-refractivity contribution in [2.24, 2.45) is 0 Å². The predicted octanol–water partition coefficient (Wildman–Crippen LogP) is 3.99. The van der Waals surface area contributed by atoms with Crippen LogP contribution in [-0.4, -0.2) is 60.2 Å². The Bertz CT molecular complexity index is 989. The molecule has 0 aliphatic carbocycles. The van der Waals surface area contributed by atoms with Gasteiger partial charge >= 0.3 is 0 Å². The van der Waals surface area contributed by atoms with Crippen LogP contribution in [0.25, 0.3) is 10.9 Å². The number of fused-ring (bicyclic) bond motifs is 1. The Morgan fingerprint density at radius 2 is 2.10 bits per heavy atom. The Kier molecular flexibility index (Phi) is 7.00. The second-order valence-corrected chi connectivity index (χ2v) is 8.10. The summed E-state index contributed by atoms with van der Waals surface area (Å²) in [7, 11) is 3.45. The molecular formula is C21H24F2N4O2S. The van der Waals surface area contributed by atoms with Crippen molar-refractivity contribution in [3.63, 3.8) is 0 Å². The average molecular weight is 435 g/mol. The van der Waals surface area contributed by atoms with E-state index in [9.17, 15) is 18.8 Å². The van der Waals surface area contributed by atoms with Gasteiger partial charge in [0.25, 0.3) is 6.43 Å². The third-order valence-electron chi connectivity index (χ3n) is 5.02. The number of hydrogen-bond acceptors (Lipinski definition) is 6. The monoisotopic (exact) mass is 434 g/mol. The predicted molar refractivity (Wildman–Crippen MR) is 114 cm³/mol. The molecule has 0 spiro atoms. The zero-order valence-electron chi connectivity index (χ0n) is 16.9. The number of rotatable bonds is 7. The summed E-state index contributed by atoms with van der Waals surface area (Å²) in [5.41, 5.74) is 1.81. The molecule has 3 rings (SSSR count). The molecule has 1 aromatic heterocycles. The van der Waals surface area contributed by atoms with E-state index in [4.69, 9.17) is 4.74 Å². The first-order valence-corrected chi connectivity index (χ1v) is 10.0. The highest BCUT2D eigenvalue weighted by Gasteiger charge is 2.24. The van der Waals surface area contributed by atoms with E-state index in [1.54, 1.807) is 31.1 Å². The number of ketones is 1. The fraction of sp³-hybridized carbons (Fsp3) is 0.429. The van der Waals surface area contributed by atoms with Crippen LogP contribution in [0.5, 0.6) is 5.75 Å².